The average molecular weight is 556 g/mol. The van der Waals surface area contributed by atoms with Crippen molar-refractivity contribution >= 4 is 32.4 Å². The molecule has 206 valence electrons. The van der Waals surface area contributed by atoms with Crippen LogP contribution in [0.2, 0.25) is 0 Å². The summed E-state index contributed by atoms with van der Waals surface area (Å²) in [4.78, 5) is 4.85. The molecule has 4 aromatic rings. The third kappa shape index (κ3) is 4.51. The number of hydrogen-bond donors (Lipinski definition) is 1. The van der Waals surface area contributed by atoms with Crippen molar-refractivity contribution < 1.29 is 21.9 Å². The molecular formula is C28H31F2N5O3S. The summed E-state index contributed by atoms with van der Waals surface area (Å²) in [6.45, 7) is 2.87. The topological polar surface area (TPSA) is 88.8 Å². The van der Waals surface area contributed by atoms with Crippen molar-refractivity contribution in [2.75, 3.05) is 31.8 Å². The number of fused-ring (bicyclic) bond motifs is 4. The molecule has 2 aromatic heterocycles. The van der Waals surface area contributed by atoms with Gasteiger partial charge in [0.1, 0.15) is 11.6 Å². The Labute approximate surface area is 226 Å². The number of hydrogen-bond acceptors (Lipinski definition) is 6. The Hall–Kier alpha value is -3.31. The highest BCUT2D eigenvalue weighted by atomic mass is 32.2. The average Bonchev–Trinajstić information content (AvgIpc) is 3.51. The van der Waals surface area contributed by atoms with Crippen LogP contribution in [0.5, 0.6) is 5.75 Å². The third-order valence-electron chi connectivity index (χ3n) is 8.16. The summed E-state index contributed by atoms with van der Waals surface area (Å²) in [5, 5.41) is 8.80. The predicted octanol–water partition coefficient (Wildman–Crippen LogP) is 5.24. The Bertz CT molecular complexity index is 1680. The van der Waals surface area contributed by atoms with E-state index >= 15 is 0 Å². The van der Waals surface area contributed by atoms with Crippen molar-refractivity contribution in [3.63, 3.8) is 0 Å². The molecule has 1 unspecified atom stereocenters. The van der Waals surface area contributed by atoms with E-state index < -0.39 is 15.9 Å². The number of halogens is 2. The summed E-state index contributed by atoms with van der Waals surface area (Å²) in [6, 6.07) is 10.7. The standard InChI is InChI=1S/C28H31F2N5O3S/c1-17(19-5-4-6-23-20(19)7-11-28(23,29)30)32-27-22-15-21(18-9-13-34(14-10-18)39(3,36)37)25(38-2)16-24(22)35-26(33-27)8-12-31-35/h4-6,8,12,15-18H,7,9-11,13-14H2,1-3H3,(H,32,33). The lowest BCUT2D eigenvalue weighted by Crippen LogP contribution is -2.37. The molecule has 1 aliphatic carbocycles. The van der Waals surface area contributed by atoms with Crippen LogP contribution in [0, 0.1) is 0 Å². The second kappa shape index (κ2) is 9.41. The van der Waals surface area contributed by atoms with Gasteiger partial charge in [-0.25, -0.2) is 31.0 Å². The number of sulfonamides is 1. The lowest BCUT2D eigenvalue weighted by molar-refractivity contribution is -0.00184. The predicted molar refractivity (Wildman–Crippen MR) is 146 cm³/mol. The van der Waals surface area contributed by atoms with Crippen LogP contribution in [-0.4, -0.2) is 53.8 Å². The SMILES string of the molecule is COc1cc2c(cc1C1CCN(S(C)(=O)=O)CC1)c(NC(C)c1cccc3c1CCC3(F)F)nc1ccnn12. The lowest BCUT2D eigenvalue weighted by Gasteiger charge is -2.31. The van der Waals surface area contributed by atoms with Crippen LogP contribution in [0.1, 0.15) is 60.4 Å². The maximum atomic E-state index is 14.4. The van der Waals surface area contributed by atoms with Crippen LogP contribution in [0.25, 0.3) is 16.6 Å². The number of piperidine rings is 1. The Kier molecular flexibility index (Phi) is 6.26. The summed E-state index contributed by atoms with van der Waals surface area (Å²) < 4.78 is 62.0. The largest absolute Gasteiger partial charge is 0.496 e. The van der Waals surface area contributed by atoms with Gasteiger partial charge in [0.25, 0.3) is 5.92 Å². The number of benzene rings is 2. The second-order valence-electron chi connectivity index (χ2n) is 10.6. The van der Waals surface area contributed by atoms with Gasteiger partial charge in [-0.15, -0.1) is 0 Å². The Morgan fingerprint density at radius 1 is 1.18 bits per heavy atom. The molecule has 0 radical (unpaired) electrons. The van der Waals surface area contributed by atoms with Gasteiger partial charge in [0, 0.05) is 42.6 Å². The first-order valence-corrected chi connectivity index (χ1v) is 15.0. The van der Waals surface area contributed by atoms with Crippen LogP contribution >= 0.6 is 0 Å². The number of aromatic nitrogens is 3. The van der Waals surface area contributed by atoms with Gasteiger partial charge in [-0.3, -0.25) is 0 Å². The second-order valence-corrected chi connectivity index (χ2v) is 12.5. The summed E-state index contributed by atoms with van der Waals surface area (Å²) in [6.07, 6.45) is 4.45. The van der Waals surface area contributed by atoms with Gasteiger partial charge in [0.15, 0.2) is 5.65 Å². The lowest BCUT2D eigenvalue weighted by atomic mass is 9.88. The van der Waals surface area contributed by atoms with E-state index in [0.29, 0.717) is 55.1 Å². The Balaban J connectivity index is 1.42. The molecule has 0 saturated carbocycles. The Morgan fingerprint density at radius 2 is 1.95 bits per heavy atom. The maximum Gasteiger partial charge on any atom is 0.273 e. The van der Waals surface area contributed by atoms with E-state index in [4.69, 9.17) is 9.72 Å². The molecule has 1 aliphatic heterocycles. The van der Waals surface area contributed by atoms with E-state index in [1.807, 2.05) is 25.1 Å². The van der Waals surface area contributed by atoms with Crippen molar-refractivity contribution in [1.29, 1.82) is 0 Å². The van der Waals surface area contributed by atoms with Crippen molar-refractivity contribution in [3.8, 4) is 5.75 Å². The highest BCUT2D eigenvalue weighted by Gasteiger charge is 2.40. The number of ether oxygens (including phenoxy) is 1. The van der Waals surface area contributed by atoms with Gasteiger partial charge in [-0.05, 0) is 54.9 Å². The fourth-order valence-electron chi connectivity index (χ4n) is 6.13. The zero-order valence-corrected chi connectivity index (χ0v) is 22.9. The monoisotopic (exact) mass is 555 g/mol. The molecular weight excluding hydrogens is 524 g/mol. The number of alkyl halides is 2. The van der Waals surface area contributed by atoms with Gasteiger partial charge < -0.3 is 10.1 Å². The number of anilines is 1. The molecule has 0 bridgehead atoms. The molecule has 6 rings (SSSR count). The molecule has 0 spiro atoms. The van der Waals surface area contributed by atoms with Gasteiger partial charge >= 0.3 is 0 Å². The van der Waals surface area contributed by atoms with Gasteiger partial charge in [-0.1, -0.05) is 18.2 Å². The molecule has 39 heavy (non-hydrogen) atoms. The van der Waals surface area contributed by atoms with Gasteiger partial charge in [-0.2, -0.15) is 5.10 Å². The van der Waals surface area contributed by atoms with Crippen LogP contribution in [0.3, 0.4) is 0 Å². The fraction of sp³-hybridized carbons (Fsp3) is 0.429. The molecule has 11 heteroatoms. The molecule has 1 atom stereocenters. The summed E-state index contributed by atoms with van der Waals surface area (Å²) >= 11 is 0. The van der Waals surface area contributed by atoms with Crippen LogP contribution in [-0.2, 0) is 22.4 Å². The van der Waals surface area contributed by atoms with E-state index in [1.54, 1.807) is 23.9 Å². The van der Waals surface area contributed by atoms with Crippen LogP contribution in [0.15, 0.2) is 42.6 Å². The van der Waals surface area contributed by atoms with E-state index in [1.165, 1.54) is 16.6 Å². The minimum atomic E-state index is -3.23. The zero-order valence-electron chi connectivity index (χ0n) is 22.1. The highest BCUT2D eigenvalue weighted by molar-refractivity contribution is 7.88. The molecule has 2 aliphatic rings. The number of nitrogens with one attached hydrogen (secondary N) is 1. The molecule has 2 aromatic carbocycles. The molecule has 1 saturated heterocycles. The van der Waals surface area contributed by atoms with Crippen molar-refractivity contribution in [1.82, 2.24) is 18.9 Å². The summed E-state index contributed by atoms with van der Waals surface area (Å²) in [5.41, 5.74) is 4.11. The minimum absolute atomic E-state index is 0.112. The molecule has 3 heterocycles. The van der Waals surface area contributed by atoms with E-state index in [9.17, 15) is 17.2 Å². The number of methoxy groups -OCH3 is 1. The molecule has 1 fully saturated rings. The first-order chi connectivity index (χ1) is 18.6. The summed E-state index contributed by atoms with van der Waals surface area (Å²) in [7, 11) is -1.60. The van der Waals surface area contributed by atoms with Crippen molar-refractivity contribution in [3.05, 3.63) is 64.8 Å². The maximum absolute atomic E-state index is 14.4. The van der Waals surface area contributed by atoms with E-state index in [2.05, 4.69) is 16.5 Å². The first kappa shape index (κ1) is 25.9. The van der Waals surface area contributed by atoms with Crippen LogP contribution in [0.4, 0.5) is 14.6 Å². The van der Waals surface area contributed by atoms with E-state index in [0.717, 1.165) is 22.0 Å². The minimum Gasteiger partial charge on any atom is -0.496 e. The normalized spacial score (nSPS) is 18.9. The van der Waals surface area contributed by atoms with Crippen molar-refractivity contribution in [2.45, 2.75) is 50.5 Å². The Morgan fingerprint density at radius 3 is 2.67 bits per heavy atom. The van der Waals surface area contributed by atoms with E-state index in [-0.39, 0.29) is 23.9 Å². The quantitative estimate of drug-likeness (QED) is 0.350. The zero-order chi connectivity index (χ0) is 27.5. The smallest absolute Gasteiger partial charge is 0.273 e. The fourth-order valence-corrected chi connectivity index (χ4v) is 7.00. The molecule has 1 N–H and O–H groups in total. The van der Waals surface area contributed by atoms with Gasteiger partial charge in [0.05, 0.1) is 31.1 Å². The summed E-state index contributed by atoms with van der Waals surface area (Å²) in [5.74, 6) is -1.35. The first-order valence-electron chi connectivity index (χ1n) is 13.1. The van der Waals surface area contributed by atoms with Crippen molar-refractivity contribution in [2.24, 2.45) is 0 Å². The third-order valence-corrected chi connectivity index (χ3v) is 9.46. The number of rotatable bonds is 6. The molecule has 8 nitrogen and oxygen atoms in total. The highest BCUT2D eigenvalue weighted by Crippen LogP contribution is 2.45. The number of nitrogens with zero attached hydrogens (tertiary/aromatic N) is 4. The molecule has 0 amide bonds. The van der Waals surface area contributed by atoms with Gasteiger partial charge in [0.2, 0.25) is 10.0 Å². The van der Waals surface area contributed by atoms with Crippen LogP contribution < -0.4 is 10.1 Å².